The molecule has 0 saturated carbocycles. The van der Waals surface area contributed by atoms with Crippen molar-refractivity contribution in [3.05, 3.63) is 40.5 Å². The molecule has 5 nitrogen and oxygen atoms in total. The molecule has 0 unspecified atom stereocenters. The zero-order valence-corrected chi connectivity index (χ0v) is 11.5. The van der Waals surface area contributed by atoms with Crippen LogP contribution in [-0.4, -0.2) is 23.5 Å². The first-order valence-electron chi connectivity index (χ1n) is 5.84. The number of aromatic amines is 1. The predicted molar refractivity (Wildman–Crippen MR) is 73.8 cm³/mol. The average Bonchev–Trinajstić information content (AvgIpc) is 2.98. The van der Waals surface area contributed by atoms with Crippen molar-refractivity contribution in [2.75, 3.05) is 11.9 Å². The van der Waals surface area contributed by atoms with Crippen LogP contribution in [-0.2, 0) is 4.74 Å². The van der Waals surface area contributed by atoms with E-state index < -0.39 is 5.97 Å². The molecule has 0 aliphatic rings. The van der Waals surface area contributed by atoms with Gasteiger partial charge in [0.2, 0.25) is 0 Å². The summed E-state index contributed by atoms with van der Waals surface area (Å²) < 4.78 is 4.96. The summed E-state index contributed by atoms with van der Waals surface area (Å²) in [4.78, 5) is 27.5. The highest BCUT2D eigenvalue weighted by atomic mass is 32.1. The van der Waals surface area contributed by atoms with Gasteiger partial charge in [0.15, 0.2) is 0 Å². The van der Waals surface area contributed by atoms with Gasteiger partial charge in [-0.05, 0) is 32.0 Å². The first kappa shape index (κ1) is 13.4. The molecule has 0 bridgehead atoms. The molecule has 0 atom stereocenters. The van der Waals surface area contributed by atoms with Crippen LogP contribution in [0.25, 0.3) is 0 Å². The van der Waals surface area contributed by atoms with Gasteiger partial charge in [-0.2, -0.15) is 0 Å². The normalized spacial score (nSPS) is 10.2. The second-order valence-electron chi connectivity index (χ2n) is 3.86. The van der Waals surface area contributed by atoms with E-state index in [1.807, 2.05) is 6.92 Å². The van der Waals surface area contributed by atoms with Gasteiger partial charge in [-0.15, -0.1) is 11.3 Å². The van der Waals surface area contributed by atoms with E-state index >= 15 is 0 Å². The highest BCUT2D eigenvalue weighted by Gasteiger charge is 2.18. The standard InChI is InChI=1S/C13H14N2O3S/c1-3-18-13(17)9-7-8(2)19-12(9)15-11(16)10-5-4-6-14-10/h4-7,14H,3H2,1-2H3,(H,15,16). The maximum atomic E-state index is 11.9. The van der Waals surface area contributed by atoms with E-state index in [9.17, 15) is 9.59 Å². The van der Waals surface area contributed by atoms with E-state index in [2.05, 4.69) is 10.3 Å². The molecule has 2 N–H and O–H groups in total. The number of anilines is 1. The molecule has 0 saturated heterocycles. The van der Waals surface area contributed by atoms with Crippen molar-refractivity contribution < 1.29 is 14.3 Å². The Balaban J connectivity index is 2.20. The van der Waals surface area contributed by atoms with Gasteiger partial charge in [-0.1, -0.05) is 0 Å². The number of esters is 1. The van der Waals surface area contributed by atoms with E-state index in [0.29, 0.717) is 22.9 Å². The Kier molecular flexibility index (Phi) is 4.01. The Hall–Kier alpha value is -2.08. The Labute approximate surface area is 114 Å². The van der Waals surface area contributed by atoms with Crippen LogP contribution in [0.5, 0.6) is 0 Å². The summed E-state index contributed by atoms with van der Waals surface area (Å²) in [5.41, 5.74) is 0.838. The molecule has 0 fully saturated rings. The van der Waals surface area contributed by atoms with E-state index in [1.54, 1.807) is 31.3 Å². The van der Waals surface area contributed by atoms with E-state index in [-0.39, 0.29) is 5.91 Å². The summed E-state index contributed by atoms with van der Waals surface area (Å²) in [7, 11) is 0. The molecular weight excluding hydrogens is 264 g/mol. The second kappa shape index (κ2) is 5.71. The van der Waals surface area contributed by atoms with Crippen LogP contribution in [0.4, 0.5) is 5.00 Å². The number of thiophene rings is 1. The number of H-pyrrole nitrogens is 1. The minimum atomic E-state index is -0.423. The van der Waals surface area contributed by atoms with Crippen molar-refractivity contribution >= 4 is 28.2 Å². The molecule has 2 rings (SSSR count). The number of nitrogens with one attached hydrogen (secondary N) is 2. The molecule has 100 valence electrons. The lowest BCUT2D eigenvalue weighted by Gasteiger charge is -2.04. The number of aryl methyl sites for hydroxylation is 1. The molecule has 2 heterocycles. The minimum Gasteiger partial charge on any atom is -0.462 e. The molecule has 0 aliphatic heterocycles. The summed E-state index contributed by atoms with van der Waals surface area (Å²) in [6.45, 7) is 3.92. The summed E-state index contributed by atoms with van der Waals surface area (Å²) in [5, 5.41) is 3.23. The molecule has 6 heteroatoms. The Bertz CT molecular complexity index is 587. The Morgan fingerprint density at radius 3 is 2.89 bits per heavy atom. The molecule has 0 aromatic carbocycles. The fourth-order valence-electron chi connectivity index (χ4n) is 1.61. The highest BCUT2D eigenvalue weighted by Crippen LogP contribution is 2.28. The van der Waals surface area contributed by atoms with Gasteiger partial charge in [0.1, 0.15) is 10.7 Å². The SMILES string of the molecule is CCOC(=O)c1cc(C)sc1NC(=O)c1ccc[nH]1. The van der Waals surface area contributed by atoms with Crippen LogP contribution >= 0.6 is 11.3 Å². The highest BCUT2D eigenvalue weighted by molar-refractivity contribution is 7.16. The largest absolute Gasteiger partial charge is 0.462 e. The monoisotopic (exact) mass is 278 g/mol. The minimum absolute atomic E-state index is 0.280. The number of aromatic nitrogens is 1. The predicted octanol–water partition coefficient (Wildman–Crippen LogP) is 2.81. The number of amides is 1. The van der Waals surface area contributed by atoms with Gasteiger partial charge >= 0.3 is 5.97 Å². The fraction of sp³-hybridized carbons (Fsp3) is 0.231. The number of hydrogen-bond acceptors (Lipinski definition) is 4. The van der Waals surface area contributed by atoms with Gasteiger partial charge in [0.05, 0.1) is 12.2 Å². The van der Waals surface area contributed by atoms with Crippen molar-refractivity contribution in [2.24, 2.45) is 0 Å². The molecule has 1 amide bonds. The molecule has 2 aromatic rings. The van der Waals surface area contributed by atoms with Crippen molar-refractivity contribution in [3.8, 4) is 0 Å². The van der Waals surface area contributed by atoms with Crippen LogP contribution in [0.1, 0.15) is 32.6 Å². The van der Waals surface area contributed by atoms with Gasteiger partial charge in [0, 0.05) is 11.1 Å². The van der Waals surface area contributed by atoms with Crippen LogP contribution in [0.2, 0.25) is 0 Å². The van der Waals surface area contributed by atoms with E-state index in [1.165, 1.54) is 11.3 Å². The second-order valence-corrected chi connectivity index (χ2v) is 5.11. The molecule has 0 spiro atoms. The number of ether oxygens (including phenoxy) is 1. The lowest BCUT2D eigenvalue weighted by atomic mass is 10.3. The summed E-state index contributed by atoms with van der Waals surface area (Å²) in [5.74, 6) is -0.703. The molecule has 2 aromatic heterocycles. The number of hydrogen-bond donors (Lipinski definition) is 2. The summed E-state index contributed by atoms with van der Waals surface area (Å²) in [6, 6.07) is 5.12. The molecular formula is C13H14N2O3S. The number of carbonyl (C=O) groups excluding carboxylic acids is 2. The first-order chi connectivity index (χ1) is 9.11. The third-order valence-corrected chi connectivity index (χ3v) is 3.39. The van der Waals surface area contributed by atoms with Gasteiger partial charge < -0.3 is 15.0 Å². The third kappa shape index (κ3) is 3.03. The topological polar surface area (TPSA) is 71.2 Å². The smallest absolute Gasteiger partial charge is 0.341 e. The summed E-state index contributed by atoms with van der Waals surface area (Å²) in [6.07, 6.45) is 1.67. The van der Waals surface area contributed by atoms with Gasteiger partial charge in [-0.25, -0.2) is 4.79 Å². The molecule has 0 aliphatic carbocycles. The zero-order valence-electron chi connectivity index (χ0n) is 10.6. The summed E-state index contributed by atoms with van der Waals surface area (Å²) >= 11 is 1.35. The Morgan fingerprint density at radius 1 is 1.47 bits per heavy atom. The average molecular weight is 278 g/mol. The van der Waals surface area contributed by atoms with E-state index in [4.69, 9.17) is 4.74 Å². The lowest BCUT2D eigenvalue weighted by Crippen LogP contribution is -2.14. The Morgan fingerprint density at radius 2 is 2.26 bits per heavy atom. The maximum Gasteiger partial charge on any atom is 0.341 e. The molecule has 0 radical (unpaired) electrons. The van der Waals surface area contributed by atoms with Crippen molar-refractivity contribution in [3.63, 3.8) is 0 Å². The van der Waals surface area contributed by atoms with Crippen LogP contribution in [0.15, 0.2) is 24.4 Å². The lowest BCUT2D eigenvalue weighted by molar-refractivity contribution is 0.0528. The quantitative estimate of drug-likeness (QED) is 0.845. The maximum absolute atomic E-state index is 11.9. The number of carbonyl (C=O) groups is 2. The first-order valence-corrected chi connectivity index (χ1v) is 6.65. The van der Waals surface area contributed by atoms with Crippen LogP contribution in [0, 0.1) is 6.92 Å². The van der Waals surface area contributed by atoms with E-state index in [0.717, 1.165) is 4.88 Å². The van der Waals surface area contributed by atoms with Crippen molar-refractivity contribution in [2.45, 2.75) is 13.8 Å². The zero-order chi connectivity index (χ0) is 13.8. The van der Waals surface area contributed by atoms with Crippen molar-refractivity contribution in [1.82, 2.24) is 4.98 Å². The van der Waals surface area contributed by atoms with Gasteiger partial charge in [-0.3, -0.25) is 4.79 Å². The fourth-order valence-corrected chi connectivity index (χ4v) is 2.50. The number of rotatable bonds is 4. The molecule has 19 heavy (non-hydrogen) atoms. The van der Waals surface area contributed by atoms with Crippen LogP contribution in [0.3, 0.4) is 0 Å². The van der Waals surface area contributed by atoms with Crippen LogP contribution < -0.4 is 5.32 Å². The van der Waals surface area contributed by atoms with Crippen molar-refractivity contribution in [1.29, 1.82) is 0 Å². The third-order valence-electron chi connectivity index (χ3n) is 2.42. The van der Waals surface area contributed by atoms with Gasteiger partial charge in [0.25, 0.3) is 5.91 Å².